The summed E-state index contributed by atoms with van der Waals surface area (Å²) < 4.78 is 12.7. The summed E-state index contributed by atoms with van der Waals surface area (Å²) in [6, 6.07) is 1.18. The third kappa shape index (κ3) is 2.12. The summed E-state index contributed by atoms with van der Waals surface area (Å²) in [6.07, 6.45) is 0.885. The Labute approximate surface area is 74.9 Å². The SMILES string of the molecule is O=[N+]([O-])Nc1cc(Br)c(F)cn1. The van der Waals surface area contributed by atoms with Crippen molar-refractivity contribution in [2.45, 2.75) is 0 Å². The number of anilines is 1. The summed E-state index contributed by atoms with van der Waals surface area (Å²) >= 11 is 2.86. The van der Waals surface area contributed by atoms with Gasteiger partial charge < -0.3 is 0 Å². The molecule has 1 aromatic rings. The molecule has 0 unspecified atom stereocenters. The minimum Gasteiger partial charge on any atom is -0.234 e. The minimum absolute atomic E-state index is 0.0201. The molecule has 0 saturated carbocycles. The predicted molar refractivity (Wildman–Crippen MR) is 42.5 cm³/mol. The number of pyridine rings is 1. The fraction of sp³-hybridized carbons (Fsp3) is 0. The second-order valence-electron chi connectivity index (χ2n) is 1.85. The zero-order valence-corrected chi connectivity index (χ0v) is 7.21. The lowest BCUT2D eigenvalue weighted by Crippen LogP contribution is -2.09. The molecule has 1 aromatic heterocycles. The van der Waals surface area contributed by atoms with Crippen molar-refractivity contribution in [2.24, 2.45) is 0 Å². The zero-order chi connectivity index (χ0) is 9.14. The Hall–Kier alpha value is -1.24. The van der Waals surface area contributed by atoms with Gasteiger partial charge in [0.15, 0.2) is 16.7 Å². The lowest BCUT2D eigenvalue weighted by molar-refractivity contribution is -0.445. The number of nitrogens with one attached hydrogen (secondary N) is 1. The van der Waals surface area contributed by atoms with Crippen LogP contribution in [0.15, 0.2) is 16.7 Å². The third-order valence-corrected chi connectivity index (χ3v) is 1.62. The molecule has 12 heavy (non-hydrogen) atoms. The van der Waals surface area contributed by atoms with Crippen molar-refractivity contribution in [3.05, 3.63) is 32.7 Å². The Morgan fingerprint density at radius 2 is 2.42 bits per heavy atom. The van der Waals surface area contributed by atoms with E-state index >= 15 is 0 Å². The average molecular weight is 236 g/mol. The maximum atomic E-state index is 12.5. The van der Waals surface area contributed by atoms with Crippen molar-refractivity contribution in [1.82, 2.24) is 4.98 Å². The van der Waals surface area contributed by atoms with Crippen molar-refractivity contribution in [1.29, 1.82) is 0 Å². The van der Waals surface area contributed by atoms with E-state index in [2.05, 4.69) is 20.9 Å². The van der Waals surface area contributed by atoms with Crippen LogP contribution < -0.4 is 5.43 Å². The molecule has 0 radical (unpaired) electrons. The molecule has 7 heteroatoms. The molecule has 5 nitrogen and oxygen atoms in total. The van der Waals surface area contributed by atoms with Gasteiger partial charge in [0.1, 0.15) is 0 Å². The fourth-order valence-corrected chi connectivity index (χ4v) is 0.888. The van der Waals surface area contributed by atoms with E-state index in [1.165, 1.54) is 6.07 Å². The van der Waals surface area contributed by atoms with Gasteiger partial charge in [-0.2, -0.15) is 0 Å². The van der Waals surface area contributed by atoms with Crippen molar-refractivity contribution in [2.75, 3.05) is 5.43 Å². The van der Waals surface area contributed by atoms with E-state index in [-0.39, 0.29) is 10.3 Å². The summed E-state index contributed by atoms with van der Waals surface area (Å²) in [5, 5.41) is 9.14. The Balaban J connectivity index is 2.89. The van der Waals surface area contributed by atoms with Crippen LogP contribution in [-0.4, -0.2) is 10.0 Å². The monoisotopic (exact) mass is 235 g/mol. The Morgan fingerprint density at radius 3 is 2.92 bits per heavy atom. The fourth-order valence-electron chi connectivity index (χ4n) is 0.569. The molecular weight excluding hydrogens is 233 g/mol. The van der Waals surface area contributed by atoms with Crippen molar-refractivity contribution in [3.8, 4) is 0 Å². The molecule has 0 spiro atoms. The molecule has 0 amide bonds. The van der Waals surface area contributed by atoms with E-state index in [9.17, 15) is 14.5 Å². The quantitative estimate of drug-likeness (QED) is 0.625. The van der Waals surface area contributed by atoms with Crippen LogP contribution in [0.1, 0.15) is 0 Å². The van der Waals surface area contributed by atoms with E-state index in [4.69, 9.17) is 0 Å². The summed E-state index contributed by atoms with van der Waals surface area (Å²) in [6.45, 7) is 0. The predicted octanol–water partition coefficient (Wildman–Crippen LogP) is 1.59. The molecule has 0 aliphatic rings. The summed E-state index contributed by atoms with van der Waals surface area (Å²) in [5.74, 6) is -0.586. The first-order valence-electron chi connectivity index (χ1n) is 2.81. The van der Waals surface area contributed by atoms with Gasteiger partial charge in [0.25, 0.3) is 0 Å². The lowest BCUT2D eigenvalue weighted by Gasteiger charge is -1.96. The lowest BCUT2D eigenvalue weighted by atomic mass is 10.4. The van der Waals surface area contributed by atoms with Gasteiger partial charge in [-0.1, -0.05) is 5.43 Å². The minimum atomic E-state index is -0.771. The first kappa shape index (κ1) is 8.85. The molecule has 0 atom stereocenters. The number of nitrogens with zero attached hydrogens (tertiary/aromatic N) is 2. The maximum absolute atomic E-state index is 12.5. The summed E-state index contributed by atoms with van der Waals surface area (Å²) in [7, 11) is 0. The van der Waals surface area contributed by atoms with E-state index in [0.717, 1.165) is 6.20 Å². The Morgan fingerprint density at radius 1 is 1.75 bits per heavy atom. The second-order valence-corrected chi connectivity index (χ2v) is 2.71. The molecule has 0 saturated heterocycles. The molecule has 1 heterocycles. The van der Waals surface area contributed by atoms with E-state index < -0.39 is 10.8 Å². The normalized spacial score (nSPS) is 9.50. The topological polar surface area (TPSA) is 68.1 Å². The molecule has 0 aromatic carbocycles. The van der Waals surface area contributed by atoms with Crippen LogP contribution in [-0.2, 0) is 0 Å². The number of hydrazine groups is 1. The smallest absolute Gasteiger partial charge is 0.191 e. The molecule has 1 rings (SSSR count). The highest BCUT2D eigenvalue weighted by molar-refractivity contribution is 9.10. The molecule has 0 fully saturated rings. The number of rotatable bonds is 2. The molecule has 0 bridgehead atoms. The van der Waals surface area contributed by atoms with Crippen molar-refractivity contribution >= 4 is 21.7 Å². The Kier molecular flexibility index (Phi) is 2.54. The maximum Gasteiger partial charge on any atom is 0.191 e. The van der Waals surface area contributed by atoms with Gasteiger partial charge in [-0.05, 0) is 15.9 Å². The Bertz CT molecular complexity index is 320. The van der Waals surface area contributed by atoms with Gasteiger partial charge in [-0.25, -0.2) is 19.5 Å². The highest BCUT2D eigenvalue weighted by Crippen LogP contribution is 2.16. The van der Waals surface area contributed by atoms with Gasteiger partial charge in [0, 0.05) is 6.07 Å². The average Bonchev–Trinajstić information content (AvgIpc) is 1.96. The van der Waals surface area contributed by atoms with Crippen LogP contribution in [0.2, 0.25) is 0 Å². The molecule has 64 valence electrons. The number of hydrogen-bond donors (Lipinski definition) is 1. The molecule has 0 aliphatic carbocycles. The van der Waals surface area contributed by atoms with Gasteiger partial charge in [0.05, 0.1) is 10.7 Å². The first-order chi connectivity index (χ1) is 5.59. The molecule has 0 aliphatic heterocycles. The number of halogens is 2. The van der Waals surface area contributed by atoms with Crippen LogP contribution >= 0.6 is 15.9 Å². The van der Waals surface area contributed by atoms with Crippen LogP contribution in [0.4, 0.5) is 10.2 Å². The third-order valence-electron chi connectivity index (χ3n) is 1.01. The largest absolute Gasteiger partial charge is 0.234 e. The van der Waals surface area contributed by atoms with Crippen LogP contribution in [0.3, 0.4) is 0 Å². The van der Waals surface area contributed by atoms with E-state index in [1.807, 2.05) is 0 Å². The highest BCUT2D eigenvalue weighted by atomic mass is 79.9. The van der Waals surface area contributed by atoms with Gasteiger partial charge in [-0.3, -0.25) is 0 Å². The molecule has 1 N–H and O–H groups in total. The van der Waals surface area contributed by atoms with Crippen LogP contribution in [0.5, 0.6) is 0 Å². The number of nitro groups is 1. The summed E-state index contributed by atoms with van der Waals surface area (Å²) in [5.41, 5.74) is 1.79. The van der Waals surface area contributed by atoms with Crippen LogP contribution in [0, 0.1) is 15.9 Å². The van der Waals surface area contributed by atoms with Gasteiger partial charge >= 0.3 is 0 Å². The van der Waals surface area contributed by atoms with Gasteiger partial charge in [0.2, 0.25) is 0 Å². The summed E-state index contributed by atoms with van der Waals surface area (Å²) in [4.78, 5) is 13.3. The number of aromatic nitrogens is 1. The van der Waals surface area contributed by atoms with E-state index in [1.54, 1.807) is 5.43 Å². The van der Waals surface area contributed by atoms with E-state index in [0.29, 0.717) is 0 Å². The standard InChI is InChI=1S/C5H3BrFN3O2/c6-3-1-5(9-10(11)12)8-2-4(3)7/h1-2H,(H,8,9). The van der Waals surface area contributed by atoms with Crippen LogP contribution in [0.25, 0.3) is 0 Å². The number of hydrogen-bond acceptors (Lipinski definition) is 3. The first-order valence-corrected chi connectivity index (χ1v) is 3.61. The zero-order valence-electron chi connectivity index (χ0n) is 5.62. The highest BCUT2D eigenvalue weighted by Gasteiger charge is 2.04. The second kappa shape index (κ2) is 3.44. The van der Waals surface area contributed by atoms with Crippen molar-refractivity contribution < 1.29 is 9.42 Å². The van der Waals surface area contributed by atoms with Gasteiger partial charge in [-0.15, -0.1) is 0 Å². The molecular formula is C5H3BrFN3O2. The van der Waals surface area contributed by atoms with Crippen molar-refractivity contribution in [3.63, 3.8) is 0 Å².